The molecule has 1 rings (SSSR count). The molecule has 11 heavy (non-hydrogen) atoms. The average molecular weight is 172 g/mol. The topological polar surface area (TPSA) is 15.3 Å². The molecule has 0 aliphatic carbocycles. The summed E-state index contributed by atoms with van der Waals surface area (Å²) in [5.74, 6) is 0. The third kappa shape index (κ3) is 1.64. The molecule has 0 unspecified atom stereocenters. The normalized spacial score (nSPS) is 20.8. The van der Waals surface area contributed by atoms with Crippen molar-refractivity contribution in [3.05, 3.63) is 0 Å². The average Bonchev–Trinajstić information content (AvgIpc) is 1.97. The molecule has 0 spiro atoms. The van der Waals surface area contributed by atoms with Gasteiger partial charge in [-0.05, 0) is 18.6 Å². The highest BCUT2D eigenvalue weighted by molar-refractivity contribution is 7.80. The Balaban J connectivity index is 2.34. The lowest BCUT2D eigenvalue weighted by Gasteiger charge is -2.48. The van der Waals surface area contributed by atoms with Gasteiger partial charge in [-0.15, -0.1) is 0 Å². The fourth-order valence-corrected chi connectivity index (χ4v) is 1.53. The maximum Gasteiger partial charge on any atom is 0.168 e. The van der Waals surface area contributed by atoms with E-state index in [-0.39, 0.29) is 0 Å². The molecule has 0 radical (unpaired) electrons. The van der Waals surface area contributed by atoms with Gasteiger partial charge < -0.3 is 10.2 Å². The van der Waals surface area contributed by atoms with Gasteiger partial charge in [0.05, 0.1) is 0 Å². The van der Waals surface area contributed by atoms with Crippen LogP contribution in [-0.4, -0.2) is 30.1 Å². The van der Waals surface area contributed by atoms with E-state index in [2.05, 4.69) is 24.1 Å². The van der Waals surface area contributed by atoms with Crippen molar-refractivity contribution in [2.24, 2.45) is 5.41 Å². The first-order chi connectivity index (χ1) is 5.11. The van der Waals surface area contributed by atoms with Crippen LogP contribution in [0.1, 0.15) is 20.3 Å². The largest absolute Gasteiger partial charge is 0.366 e. The van der Waals surface area contributed by atoms with Crippen LogP contribution in [0.2, 0.25) is 0 Å². The first kappa shape index (κ1) is 8.78. The molecule has 1 fully saturated rings. The standard InChI is InChI=1S/C8H16N2S/c1-4-8(2)5-10(6-8)7(11)9-3/h4-6H2,1-3H3,(H,9,11). The summed E-state index contributed by atoms with van der Waals surface area (Å²) in [5.41, 5.74) is 0.515. The van der Waals surface area contributed by atoms with Gasteiger partial charge >= 0.3 is 0 Å². The zero-order valence-corrected chi connectivity index (χ0v) is 8.29. The molecule has 1 saturated heterocycles. The van der Waals surface area contributed by atoms with E-state index in [9.17, 15) is 0 Å². The first-order valence-electron chi connectivity index (χ1n) is 4.08. The van der Waals surface area contributed by atoms with Crippen LogP contribution in [0.3, 0.4) is 0 Å². The minimum Gasteiger partial charge on any atom is -0.366 e. The molecular weight excluding hydrogens is 156 g/mol. The van der Waals surface area contributed by atoms with Gasteiger partial charge in [-0.1, -0.05) is 13.8 Å². The number of hydrogen-bond acceptors (Lipinski definition) is 1. The molecule has 0 aromatic rings. The van der Waals surface area contributed by atoms with E-state index < -0.39 is 0 Å². The van der Waals surface area contributed by atoms with E-state index in [1.165, 1.54) is 6.42 Å². The molecule has 0 saturated carbocycles. The number of hydrogen-bond donors (Lipinski definition) is 1. The Hall–Kier alpha value is -0.310. The Bertz CT molecular complexity index is 161. The molecule has 1 heterocycles. The van der Waals surface area contributed by atoms with Crippen LogP contribution in [0, 0.1) is 5.41 Å². The smallest absolute Gasteiger partial charge is 0.168 e. The molecule has 2 nitrogen and oxygen atoms in total. The molecule has 0 bridgehead atoms. The number of nitrogens with zero attached hydrogens (tertiary/aromatic N) is 1. The maximum atomic E-state index is 5.09. The second-order valence-corrected chi connectivity index (χ2v) is 3.96. The number of thiocarbonyl (C=S) groups is 1. The Morgan fingerprint density at radius 1 is 1.64 bits per heavy atom. The maximum absolute atomic E-state index is 5.09. The molecule has 1 aliphatic heterocycles. The summed E-state index contributed by atoms with van der Waals surface area (Å²) >= 11 is 5.09. The quantitative estimate of drug-likeness (QED) is 0.599. The molecule has 0 aromatic carbocycles. The Labute approximate surface area is 74.0 Å². The summed E-state index contributed by atoms with van der Waals surface area (Å²) in [6.07, 6.45) is 1.25. The van der Waals surface area contributed by atoms with Gasteiger partial charge in [0.2, 0.25) is 0 Å². The van der Waals surface area contributed by atoms with Crippen molar-refractivity contribution in [1.82, 2.24) is 10.2 Å². The molecule has 1 aliphatic rings. The predicted octanol–water partition coefficient (Wildman–Crippen LogP) is 1.22. The van der Waals surface area contributed by atoms with Crippen LogP contribution in [-0.2, 0) is 0 Å². The van der Waals surface area contributed by atoms with Crippen LogP contribution in [0.4, 0.5) is 0 Å². The van der Waals surface area contributed by atoms with Crippen LogP contribution in [0.5, 0.6) is 0 Å². The third-order valence-electron chi connectivity index (χ3n) is 2.50. The molecule has 3 heteroatoms. The first-order valence-corrected chi connectivity index (χ1v) is 4.49. The third-order valence-corrected chi connectivity index (χ3v) is 2.96. The number of likely N-dealkylation sites (tertiary alicyclic amines) is 1. The lowest BCUT2D eigenvalue weighted by Crippen LogP contribution is -2.58. The van der Waals surface area contributed by atoms with Gasteiger partial charge in [-0.25, -0.2) is 0 Å². The molecule has 64 valence electrons. The van der Waals surface area contributed by atoms with Gasteiger partial charge in [-0.2, -0.15) is 0 Å². The van der Waals surface area contributed by atoms with Crippen molar-refractivity contribution in [2.75, 3.05) is 20.1 Å². The van der Waals surface area contributed by atoms with Gasteiger partial charge in [0.1, 0.15) is 0 Å². The Kier molecular flexibility index (Phi) is 2.37. The monoisotopic (exact) mass is 172 g/mol. The van der Waals surface area contributed by atoms with Crippen LogP contribution >= 0.6 is 12.2 Å². The van der Waals surface area contributed by atoms with Crippen LogP contribution in [0.25, 0.3) is 0 Å². The number of nitrogens with one attached hydrogen (secondary N) is 1. The van der Waals surface area contributed by atoms with Crippen molar-refractivity contribution in [3.8, 4) is 0 Å². The van der Waals surface area contributed by atoms with Crippen LogP contribution in [0.15, 0.2) is 0 Å². The Morgan fingerprint density at radius 2 is 2.18 bits per heavy atom. The van der Waals surface area contributed by atoms with Crippen molar-refractivity contribution in [1.29, 1.82) is 0 Å². The van der Waals surface area contributed by atoms with Gasteiger partial charge in [-0.3, -0.25) is 0 Å². The molecule has 0 amide bonds. The lowest BCUT2D eigenvalue weighted by molar-refractivity contribution is 0.0740. The number of rotatable bonds is 1. The second kappa shape index (κ2) is 2.97. The second-order valence-electron chi connectivity index (χ2n) is 3.58. The van der Waals surface area contributed by atoms with Gasteiger partial charge in [0.15, 0.2) is 5.11 Å². The predicted molar refractivity (Wildman–Crippen MR) is 51.6 cm³/mol. The lowest BCUT2D eigenvalue weighted by atomic mass is 9.80. The SMILES string of the molecule is CCC1(C)CN(C(=S)NC)C1. The molecular formula is C8H16N2S. The minimum atomic E-state index is 0.515. The minimum absolute atomic E-state index is 0.515. The van der Waals surface area contributed by atoms with Gasteiger partial charge in [0, 0.05) is 25.6 Å². The fourth-order valence-electron chi connectivity index (χ4n) is 1.40. The van der Waals surface area contributed by atoms with Crippen molar-refractivity contribution >= 4 is 17.3 Å². The van der Waals surface area contributed by atoms with Crippen molar-refractivity contribution in [3.63, 3.8) is 0 Å². The van der Waals surface area contributed by atoms with Crippen molar-refractivity contribution < 1.29 is 0 Å². The van der Waals surface area contributed by atoms with E-state index in [1.807, 2.05) is 7.05 Å². The molecule has 0 aromatic heterocycles. The zero-order valence-electron chi connectivity index (χ0n) is 7.48. The molecule has 1 N–H and O–H groups in total. The summed E-state index contributed by atoms with van der Waals surface area (Å²) < 4.78 is 0. The van der Waals surface area contributed by atoms with Crippen molar-refractivity contribution in [2.45, 2.75) is 20.3 Å². The van der Waals surface area contributed by atoms with Crippen LogP contribution < -0.4 is 5.32 Å². The van der Waals surface area contributed by atoms with E-state index >= 15 is 0 Å². The van der Waals surface area contributed by atoms with E-state index in [4.69, 9.17) is 12.2 Å². The highest BCUT2D eigenvalue weighted by atomic mass is 32.1. The summed E-state index contributed by atoms with van der Waals surface area (Å²) in [7, 11) is 1.88. The van der Waals surface area contributed by atoms with Gasteiger partial charge in [0.25, 0.3) is 0 Å². The van der Waals surface area contributed by atoms with E-state index in [1.54, 1.807) is 0 Å². The zero-order chi connectivity index (χ0) is 8.48. The summed E-state index contributed by atoms with van der Waals surface area (Å²) in [4.78, 5) is 2.21. The highest BCUT2D eigenvalue weighted by Gasteiger charge is 2.37. The highest BCUT2D eigenvalue weighted by Crippen LogP contribution is 2.32. The Morgan fingerprint density at radius 3 is 2.55 bits per heavy atom. The summed E-state index contributed by atoms with van der Waals surface area (Å²) in [6.45, 7) is 6.77. The van der Waals surface area contributed by atoms with E-state index in [0.29, 0.717) is 5.41 Å². The van der Waals surface area contributed by atoms with E-state index in [0.717, 1.165) is 18.2 Å². The molecule has 0 atom stereocenters. The summed E-state index contributed by atoms with van der Waals surface area (Å²) in [5, 5.41) is 3.87. The fraction of sp³-hybridized carbons (Fsp3) is 0.875. The summed E-state index contributed by atoms with van der Waals surface area (Å²) in [6, 6.07) is 0.